The number of halogens is 2. The molecule has 0 aliphatic heterocycles. The lowest BCUT2D eigenvalue weighted by Gasteiger charge is -2.09. The quantitative estimate of drug-likeness (QED) is 0.199. The van der Waals surface area contributed by atoms with Gasteiger partial charge in [0.25, 0.3) is 0 Å². The Morgan fingerprint density at radius 1 is 0.812 bits per heavy atom. The third-order valence-corrected chi connectivity index (χ3v) is 1.67. The summed E-state index contributed by atoms with van der Waals surface area (Å²) in [5.74, 6) is 1.11. The zero-order valence-electron chi connectivity index (χ0n) is 8.76. The summed E-state index contributed by atoms with van der Waals surface area (Å²) in [6.07, 6.45) is -1.98. The Morgan fingerprint density at radius 3 is 1.31 bits per heavy atom. The van der Waals surface area contributed by atoms with Crippen LogP contribution in [0.5, 0.6) is 0 Å². The van der Waals surface area contributed by atoms with Crippen LogP contribution in [0.3, 0.4) is 0 Å². The van der Waals surface area contributed by atoms with Crippen molar-refractivity contribution in [1.29, 1.82) is 0 Å². The molecule has 100 valence electrons. The first kappa shape index (κ1) is 18.7. The van der Waals surface area contributed by atoms with Gasteiger partial charge in [0.15, 0.2) is 0 Å². The van der Waals surface area contributed by atoms with E-state index >= 15 is 0 Å². The largest absolute Gasteiger partial charge is 0.394 e. The summed E-state index contributed by atoms with van der Waals surface area (Å²) in [4.78, 5) is 8.76. The molecule has 0 saturated carbocycles. The van der Waals surface area contributed by atoms with Crippen molar-refractivity contribution < 1.29 is 30.2 Å². The fourth-order valence-electron chi connectivity index (χ4n) is 0.359. The van der Waals surface area contributed by atoms with Gasteiger partial charge in [-0.15, -0.1) is 23.2 Å². The zero-order valence-corrected chi connectivity index (χ0v) is 10.3. The number of rotatable bonds is 8. The van der Waals surface area contributed by atoms with Crippen LogP contribution >= 0.6 is 23.2 Å². The second kappa shape index (κ2) is 15.3. The molecule has 0 aromatic heterocycles. The molecule has 0 saturated heterocycles. The van der Waals surface area contributed by atoms with Crippen LogP contribution in [-0.4, -0.2) is 70.8 Å². The minimum absolute atomic E-state index is 0.172. The van der Waals surface area contributed by atoms with E-state index in [0.29, 0.717) is 11.8 Å². The molecular formula is C8H18Cl2O6. The van der Waals surface area contributed by atoms with Crippen molar-refractivity contribution in [2.24, 2.45) is 0 Å². The molecule has 2 atom stereocenters. The van der Waals surface area contributed by atoms with Crippen molar-refractivity contribution in [3.63, 3.8) is 0 Å². The fraction of sp³-hybridized carbons (Fsp3) is 1.00. The Morgan fingerprint density at radius 2 is 1.12 bits per heavy atom. The normalized spacial score (nSPS) is 13.9. The second-order valence-electron chi connectivity index (χ2n) is 2.62. The van der Waals surface area contributed by atoms with Gasteiger partial charge in [-0.3, -0.25) is 0 Å². The number of aliphatic hydroxyl groups is 4. The molecule has 2 unspecified atom stereocenters. The summed E-state index contributed by atoms with van der Waals surface area (Å²) in [6.45, 7) is -1.17. The predicted molar refractivity (Wildman–Crippen MR) is 59.5 cm³/mol. The average molecular weight is 281 g/mol. The van der Waals surface area contributed by atoms with Crippen molar-refractivity contribution >= 4 is 23.2 Å². The molecule has 0 radical (unpaired) electrons. The maximum Gasteiger partial charge on any atom is 0.110 e. The number of alkyl halides is 2. The first-order valence-corrected chi connectivity index (χ1v) is 5.63. The van der Waals surface area contributed by atoms with Gasteiger partial charge in [-0.1, -0.05) is 0 Å². The average Bonchev–Trinajstić information content (AvgIpc) is 2.34. The number of hydrogen-bond acceptors (Lipinski definition) is 6. The first-order chi connectivity index (χ1) is 7.62. The maximum absolute atomic E-state index is 8.71. The molecule has 0 rings (SSSR count). The maximum atomic E-state index is 8.71. The standard InChI is InChI=1S/C6H14O6.C2H4Cl2/c7-1-5(9)3-11-12-4-6(10)2-8;3-1-2-4/h5-10H,1-4H2;1-2H2. The highest BCUT2D eigenvalue weighted by atomic mass is 35.5. The van der Waals surface area contributed by atoms with E-state index in [1.807, 2.05) is 0 Å². The summed E-state index contributed by atoms with van der Waals surface area (Å²) in [6, 6.07) is 0. The Kier molecular flexibility index (Phi) is 17.9. The lowest BCUT2D eigenvalue weighted by atomic mass is 10.4. The molecule has 0 bridgehead atoms. The molecule has 0 heterocycles. The lowest BCUT2D eigenvalue weighted by molar-refractivity contribution is -0.316. The van der Waals surface area contributed by atoms with Gasteiger partial charge in [0.05, 0.1) is 13.2 Å². The predicted octanol–water partition coefficient (Wildman–Crippen LogP) is -0.895. The van der Waals surface area contributed by atoms with Gasteiger partial charge in [0.1, 0.15) is 25.4 Å². The number of aliphatic hydroxyl groups excluding tert-OH is 4. The molecular weight excluding hydrogens is 263 g/mol. The molecule has 8 heteroatoms. The SMILES string of the molecule is ClCCCl.OCC(O)COOCC(O)CO. The van der Waals surface area contributed by atoms with Crippen LogP contribution in [0.2, 0.25) is 0 Å². The minimum atomic E-state index is -0.990. The van der Waals surface area contributed by atoms with E-state index in [0.717, 1.165) is 0 Å². The Balaban J connectivity index is 0. The van der Waals surface area contributed by atoms with Crippen molar-refractivity contribution in [3.05, 3.63) is 0 Å². The third-order valence-electron chi connectivity index (χ3n) is 1.10. The van der Waals surface area contributed by atoms with Crippen LogP contribution in [0.4, 0.5) is 0 Å². The lowest BCUT2D eigenvalue weighted by Crippen LogP contribution is -2.23. The summed E-state index contributed by atoms with van der Waals surface area (Å²) < 4.78 is 0. The van der Waals surface area contributed by atoms with Gasteiger partial charge in [-0.2, -0.15) is 0 Å². The molecule has 0 amide bonds. The van der Waals surface area contributed by atoms with Gasteiger partial charge in [0, 0.05) is 11.8 Å². The molecule has 0 aromatic rings. The van der Waals surface area contributed by atoms with Crippen LogP contribution < -0.4 is 0 Å². The summed E-state index contributed by atoms with van der Waals surface area (Å²) in [5, 5.41) is 34.1. The van der Waals surface area contributed by atoms with E-state index in [9.17, 15) is 0 Å². The molecule has 0 fully saturated rings. The highest BCUT2D eigenvalue weighted by Gasteiger charge is 2.04. The molecule has 6 nitrogen and oxygen atoms in total. The van der Waals surface area contributed by atoms with Crippen molar-refractivity contribution in [3.8, 4) is 0 Å². The topological polar surface area (TPSA) is 99.4 Å². The third kappa shape index (κ3) is 16.8. The molecule has 16 heavy (non-hydrogen) atoms. The summed E-state index contributed by atoms with van der Waals surface area (Å²) in [7, 11) is 0. The van der Waals surface area contributed by atoms with E-state index in [1.165, 1.54) is 0 Å². The molecule has 0 aliphatic rings. The highest BCUT2D eigenvalue weighted by Crippen LogP contribution is 1.88. The molecule has 0 spiro atoms. The summed E-state index contributed by atoms with van der Waals surface area (Å²) >= 11 is 10.1. The van der Waals surface area contributed by atoms with Crippen LogP contribution in [0.25, 0.3) is 0 Å². The zero-order chi connectivity index (χ0) is 12.8. The van der Waals surface area contributed by atoms with Gasteiger partial charge >= 0.3 is 0 Å². The van der Waals surface area contributed by atoms with Crippen LogP contribution in [0.15, 0.2) is 0 Å². The van der Waals surface area contributed by atoms with E-state index in [4.69, 9.17) is 43.6 Å². The smallest absolute Gasteiger partial charge is 0.110 e. The molecule has 0 aliphatic carbocycles. The van der Waals surface area contributed by atoms with Crippen molar-refractivity contribution in [1.82, 2.24) is 0 Å². The first-order valence-electron chi connectivity index (χ1n) is 4.56. The Bertz CT molecular complexity index is 115. The highest BCUT2D eigenvalue weighted by molar-refractivity contribution is 6.25. The van der Waals surface area contributed by atoms with Crippen LogP contribution in [0, 0.1) is 0 Å². The molecule has 4 N–H and O–H groups in total. The Hall–Kier alpha value is 0.340. The fourth-order valence-corrected chi connectivity index (χ4v) is 0.359. The minimum Gasteiger partial charge on any atom is -0.394 e. The Labute approximate surface area is 104 Å². The second-order valence-corrected chi connectivity index (χ2v) is 3.38. The van der Waals surface area contributed by atoms with E-state index < -0.39 is 25.4 Å². The van der Waals surface area contributed by atoms with Gasteiger partial charge < -0.3 is 20.4 Å². The van der Waals surface area contributed by atoms with E-state index in [1.54, 1.807) is 0 Å². The van der Waals surface area contributed by atoms with Crippen molar-refractivity contribution in [2.75, 3.05) is 38.2 Å². The molecule has 0 aromatic carbocycles. The van der Waals surface area contributed by atoms with Crippen LogP contribution in [0.1, 0.15) is 0 Å². The van der Waals surface area contributed by atoms with E-state index in [2.05, 4.69) is 9.78 Å². The summed E-state index contributed by atoms with van der Waals surface area (Å²) in [5.41, 5.74) is 0. The van der Waals surface area contributed by atoms with Gasteiger partial charge in [-0.25, -0.2) is 9.78 Å². The van der Waals surface area contributed by atoms with Crippen LogP contribution in [-0.2, 0) is 9.78 Å². The van der Waals surface area contributed by atoms with Gasteiger partial charge in [0.2, 0.25) is 0 Å². The van der Waals surface area contributed by atoms with Gasteiger partial charge in [-0.05, 0) is 0 Å². The van der Waals surface area contributed by atoms with E-state index in [-0.39, 0.29) is 13.2 Å². The van der Waals surface area contributed by atoms with Crippen molar-refractivity contribution in [2.45, 2.75) is 12.2 Å². The number of hydrogen-bond donors (Lipinski definition) is 4. The monoisotopic (exact) mass is 280 g/mol.